The Labute approximate surface area is 172 Å². The number of benzene rings is 2. The highest BCUT2D eigenvalue weighted by molar-refractivity contribution is 7.83. The second kappa shape index (κ2) is 8.85. The monoisotopic (exact) mass is 436 g/mol. The Hall–Kier alpha value is -2.90. The minimum atomic E-state index is -4.23. The van der Waals surface area contributed by atoms with Crippen molar-refractivity contribution in [2.24, 2.45) is 5.84 Å². The van der Waals surface area contributed by atoms with Gasteiger partial charge in [-0.25, -0.2) is 8.37 Å². The molecule has 0 atom stereocenters. The van der Waals surface area contributed by atoms with Gasteiger partial charge in [0.2, 0.25) is 0 Å². The van der Waals surface area contributed by atoms with E-state index >= 15 is 0 Å². The van der Waals surface area contributed by atoms with Crippen LogP contribution in [0.25, 0.3) is 0 Å². The molecule has 160 valence electrons. The number of carbonyl (C=O) groups is 1. The van der Waals surface area contributed by atoms with Crippen LogP contribution in [0.2, 0.25) is 0 Å². The summed E-state index contributed by atoms with van der Waals surface area (Å²) in [6, 6.07) is 12.6. The van der Waals surface area contributed by atoms with Gasteiger partial charge in [0.05, 0.1) is 4.92 Å². The number of aryl methyl sites for hydroxylation is 1. The van der Waals surface area contributed by atoms with Crippen LogP contribution in [0, 0.1) is 10.1 Å². The third-order valence-corrected chi connectivity index (χ3v) is 5.43. The second-order valence-electron chi connectivity index (χ2n) is 6.61. The molecule has 0 bridgehead atoms. The summed E-state index contributed by atoms with van der Waals surface area (Å²) >= 11 is 0. The van der Waals surface area contributed by atoms with Gasteiger partial charge in [0.15, 0.2) is 0 Å². The van der Waals surface area contributed by atoms with Gasteiger partial charge in [-0.3, -0.25) is 26.2 Å². The first-order valence-electron chi connectivity index (χ1n) is 8.96. The summed E-state index contributed by atoms with van der Waals surface area (Å²) in [6.45, 7) is 0.594. The number of hydrazine groups is 1. The molecule has 30 heavy (non-hydrogen) atoms. The minimum absolute atomic E-state index is 0.0735. The van der Waals surface area contributed by atoms with Gasteiger partial charge in [0, 0.05) is 30.8 Å². The Morgan fingerprint density at radius 1 is 1.03 bits per heavy atom. The summed E-state index contributed by atoms with van der Waals surface area (Å²) < 4.78 is 32.5. The van der Waals surface area contributed by atoms with Gasteiger partial charge in [-0.1, -0.05) is 24.3 Å². The summed E-state index contributed by atoms with van der Waals surface area (Å²) in [5, 5.41) is 13.3. The van der Waals surface area contributed by atoms with Gasteiger partial charge < -0.3 is 5.32 Å². The number of rotatable bonds is 9. The number of carbonyl (C=O) groups excluding carboxylic acids is 1. The fourth-order valence-corrected chi connectivity index (χ4v) is 3.89. The lowest BCUT2D eigenvalue weighted by Gasteiger charge is -2.37. The molecule has 1 aliphatic heterocycles. The van der Waals surface area contributed by atoms with E-state index in [2.05, 4.69) is 10.7 Å². The van der Waals surface area contributed by atoms with Gasteiger partial charge in [-0.2, -0.15) is 8.42 Å². The van der Waals surface area contributed by atoms with Gasteiger partial charge >= 0.3 is 10.4 Å². The number of amides is 1. The van der Waals surface area contributed by atoms with Crippen LogP contribution in [0.15, 0.2) is 48.5 Å². The quantitative estimate of drug-likeness (QED) is 0.297. The first-order chi connectivity index (χ1) is 14.2. The number of hydrogen-bond acceptors (Lipinski definition) is 9. The van der Waals surface area contributed by atoms with E-state index in [-0.39, 0.29) is 18.5 Å². The first kappa shape index (κ1) is 21.8. The molecule has 2 aromatic carbocycles. The van der Waals surface area contributed by atoms with Gasteiger partial charge in [-0.05, 0) is 36.1 Å². The standard InChI is InChI=1S/C18H20N4O7S/c19-20-12-10-14-1-5-15(6-2-14)21-17(23)18(28-30(26,27)29-18)11-9-13-3-7-16(8-4-13)22(24)25/h1-8,20H,9-12,19H2,(H,21,23). The van der Waals surface area contributed by atoms with Crippen LogP contribution in [0.4, 0.5) is 11.4 Å². The Balaban J connectivity index is 1.67. The molecule has 2 aromatic rings. The zero-order valence-electron chi connectivity index (χ0n) is 15.7. The maximum atomic E-state index is 12.7. The molecule has 1 heterocycles. The fraction of sp³-hybridized carbons (Fsp3) is 0.278. The maximum absolute atomic E-state index is 12.7. The van der Waals surface area contributed by atoms with Gasteiger partial charge in [0.25, 0.3) is 17.4 Å². The molecule has 0 saturated carbocycles. The predicted octanol–water partition coefficient (Wildman–Crippen LogP) is 1.16. The highest BCUT2D eigenvalue weighted by Crippen LogP contribution is 2.36. The van der Waals surface area contributed by atoms with Crippen molar-refractivity contribution in [3.8, 4) is 0 Å². The average Bonchev–Trinajstić information content (AvgIpc) is 2.70. The Morgan fingerprint density at radius 3 is 2.13 bits per heavy atom. The normalized spacial score (nSPS) is 16.4. The summed E-state index contributed by atoms with van der Waals surface area (Å²) in [4.78, 5) is 22.9. The third kappa shape index (κ3) is 5.17. The molecule has 12 heteroatoms. The van der Waals surface area contributed by atoms with E-state index in [1.165, 1.54) is 24.3 Å². The van der Waals surface area contributed by atoms with Crippen molar-refractivity contribution < 1.29 is 26.5 Å². The molecule has 1 aliphatic rings. The van der Waals surface area contributed by atoms with E-state index in [1.807, 2.05) is 0 Å². The second-order valence-corrected chi connectivity index (χ2v) is 7.76. The molecule has 1 saturated heterocycles. The number of hydrogen-bond donors (Lipinski definition) is 3. The number of nitrogens with one attached hydrogen (secondary N) is 2. The van der Waals surface area contributed by atoms with E-state index < -0.39 is 27.0 Å². The molecule has 0 unspecified atom stereocenters. The lowest BCUT2D eigenvalue weighted by Crippen LogP contribution is -2.58. The lowest BCUT2D eigenvalue weighted by molar-refractivity contribution is -0.384. The van der Waals surface area contributed by atoms with Crippen molar-refractivity contribution >= 4 is 27.7 Å². The summed E-state index contributed by atoms with van der Waals surface area (Å²) in [7, 11) is -4.23. The SMILES string of the molecule is NNCCc1ccc(NC(=O)C2(CCc3ccc([N+](=O)[O-])cc3)OS(=O)(=O)O2)cc1. The molecule has 0 spiro atoms. The van der Waals surface area contributed by atoms with Crippen LogP contribution in [-0.4, -0.2) is 31.6 Å². The van der Waals surface area contributed by atoms with E-state index in [4.69, 9.17) is 14.2 Å². The molecule has 0 aromatic heterocycles. The van der Waals surface area contributed by atoms with Crippen LogP contribution in [0.3, 0.4) is 0 Å². The smallest absolute Gasteiger partial charge is 0.321 e. The average molecular weight is 436 g/mol. The van der Waals surface area contributed by atoms with E-state index in [0.717, 1.165) is 5.56 Å². The lowest BCUT2D eigenvalue weighted by atomic mass is 10.0. The van der Waals surface area contributed by atoms with Crippen molar-refractivity contribution in [1.29, 1.82) is 0 Å². The third-order valence-electron chi connectivity index (χ3n) is 4.48. The van der Waals surface area contributed by atoms with Crippen LogP contribution < -0.4 is 16.6 Å². The van der Waals surface area contributed by atoms with Crippen LogP contribution in [-0.2, 0) is 36.4 Å². The van der Waals surface area contributed by atoms with E-state index in [9.17, 15) is 23.3 Å². The van der Waals surface area contributed by atoms with Crippen molar-refractivity contribution in [1.82, 2.24) is 5.43 Å². The van der Waals surface area contributed by atoms with Crippen LogP contribution in [0.5, 0.6) is 0 Å². The topological polar surface area (TPSA) is 163 Å². The highest BCUT2D eigenvalue weighted by Gasteiger charge is 2.58. The summed E-state index contributed by atoms with van der Waals surface area (Å²) in [6.07, 6.45) is 0.802. The maximum Gasteiger partial charge on any atom is 0.406 e. The molecule has 11 nitrogen and oxygen atoms in total. The molecular weight excluding hydrogens is 416 g/mol. The van der Waals surface area contributed by atoms with Crippen molar-refractivity contribution in [2.45, 2.75) is 25.0 Å². The molecule has 3 rings (SSSR count). The van der Waals surface area contributed by atoms with Gasteiger partial charge in [-0.15, -0.1) is 0 Å². The summed E-state index contributed by atoms with van der Waals surface area (Å²) in [5.41, 5.74) is 4.57. The van der Waals surface area contributed by atoms with Crippen molar-refractivity contribution in [2.75, 3.05) is 11.9 Å². The minimum Gasteiger partial charge on any atom is -0.321 e. The number of nitrogens with two attached hydrogens (primary N) is 1. The zero-order valence-corrected chi connectivity index (χ0v) is 16.6. The Morgan fingerprint density at radius 2 is 1.60 bits per heavy atom. The van der Waals surface area contributed by atoms with Crippen LogP contribution in [0.1, 0.15) is 17.5 Å². The van der Waals surface area contributed by atoms with Crippen molar-refractivity contribution in [3.05, 3.63) is 69.8 Å². The number of non-ortho nitro benzene ring substituents is 1. The first-order valence-corrected chi connectivity index (χ1v) is 10.3. The molecule has 0 aliphatic carbocycles. The number of nitrogens with zero attached hydrogens (tertiary/aromatic N) is 1. The molecular formula is C18H20N4O7S. The summed E-state index contributed by atoms with van der Waals surface area (Å²) in [5.74, 6) is 2.48. The Kier molecular flexibility index (Phi) is 6.43. The predicted molar refractivity (Wildman–Crippen MR) is 106 cm³/mol. The van der Waals surface area contributed by atoms with E-state index in [1.54, 1.807) is 24.3 Å². The van der Waals surface area contributed by atoms with E-state index in [0.29, 0.717) is 24.2 Å². The highest BCUT2D eigenvalue weighted by atomic mass is 32.3. The fourth-order valence-electron chi connectivity index (χ4n) is 2.90. The number of nitro groups is 1. The Bertz CT molecular complexity index is 1010. The molecule has 1 fully saturated rings. The van der Waals surface area contributed by atoms with Crippen molar-refractivity contribution in [3.63, 3.8) is 0 Å². The molecule has 1 amide bonds. The molecule has 4 N–H and O–H groups in total. The number of nitro benzene ring substituents is 1. The van der Waals surface area contributed by atoms with Crippen LogP contribution >= 0.6 is 0 Å². The van der Waals surface area contributed by atoms with Gasteiger partial charge in [0.1, 0.15) is 0 Å². The largest absolute Gasteiger partial charge is 0.406 e. The molecule has 0 radical (unpaired) electrons. The zero-order chi connectivity index (χ0) is 21.8. The number of anilines is 1.